The highest BCUT2D eigenvalue weighted by Crippen LogP contribution is 2.16. The molecule has 2 unspecified atom stereocenters. The van der Waals surface area contributed by atoms with Crippen LogP contribution in [0.15, 0.2) is 0 Å². The molecule has 16 heteroatoms. The number of hydrogen-bond donors (Lipinski definition) is 5. The summed E-state index contributed by atoms with van der Waals surface area (Å²) in [6, 6.07) is 1.27. The maximum atomic E-state index is 10.7. The predicted molar refractivity (Wildman–Crippen MR) is 171 cm³/mol. The number of hydrogen-bond acceptors (Lipinski definition) is 14. The van der Waals surface area contributed by atoms with Crippen molar-refractivity contribution in [1.82, 2.24) is 15.5 Å². The molecule has 0 aliphatic carbocycles. The van der Waals surface area contributed by atoms with Crippen LogP contribution in [0.5, 0.6) is 0 Å². The van der Waals surface area contributed by atoms with Crippen LogP contribution in [0.1, 0.15) is 32.1 Å². The minimum Gasteiger partial charge on any atom is -0.389 e. The Bertz CT molecular complexity index is 560. The zero-order valence-electron chi connectivity index (χ0n) is 27.8. The third-order valence-corrected chi connectivity index (χ3v) is 12.8. The van der Waals surface area contributed by atoms with Crippen molar-refractivity contribution >= 4 is 17.6 Å². The molecule has 0 fully saturated rings. The van der Waals surface area contributed by atoms with Crippen LogP contribution in [-0.4, -0.2) is 166 Å². The second-order valence-corrected chi connectivity index (χ2v) is 16.5. The van der Waals surface area contributed by atoms with Gasteiger partial charge in [0.15, 0.2) is 0 Å². The molecule has 260 valence electrons. The Labute approximate surface area is 262 Å². The minimum absolute atomic E-state index is 0.205. The van der Waals surface area contributed by atoms with E-state index in [9.17, 15) is 10.2 Å². The van der Waals surface area contributed by atoms with E-state index < -0.39 is 29.8 Å². The Morgan fingerprint density at radius 1 is 0.605 bits per heavy atom. The Morgan fingerprint density at radius 3 is 1.47 bits per heavy atom. The van der Waals surface area contributed by atoms with Gasteiger partial charge in [0.05, 0.1) is 25.4 Å². The Balaban J connectivity index is 4.57. The van der Waals surface area contributed by atoms with Crippen LogP contribution in [0, 0.1) is 0 Å². The fraction of sp³-hybridized carbons (Fsp3) is 1.00. The molecule has 14 nitrogen and oxygen atoms in total. The van der Waals surface area contributed by atoms with Crippen molar-refractivity contribution in [2.24, 2.45) is 5.73 Å². The van der Waals surface area contributed by atoms with Crippen molar-refractivity contribution in [2.45, 2.75) is 56.4 Å². The van der Waals surface area contributed by atoms with Gasteiger partial charge in [-0.3, -0.25) is 4.90 Å². The fourth-order valence-electron chi connectivity index (χ4n) is 4.58. The summed E-state index contributed by atoms with van der Waals surface area (Å²) in [4.78, 5) is 2.09. The minimum atomic E-state index is -2.63. The lowest BCUT2D eigenvalue weighted by Gasteiger charge is -2.27. The van der Waals surface area contributed by atoms with Crippen molar-refractivity contribution in [3.63, 3.8) is 0 Å². The third kappa shape index (κ3) is 21.3. The van der Waals surface area contributed by atoms with Crippen LogP contribution in [-0.2, 0) is 36.0 Å². The molecule has 0 aliphatic heterocycles. The number of rotatable bonds is 33. The molecule has 0 saturated heterocycles. The fourth-order valence-corrected chi connectivity index (χ4v) is 7.96. The molecule has 0 spiro atoms. The molecule has 0 bridgehead atoms. The van der Waals surface area contributed by atoms with E-state index in [2.05, 4.69) is 15.5 Å². The molecule has 43 heavy (non-hydrogen) atoms. The maximum absolute atomic E-state index is 10.7. The summed E-state index contributed by atoms with van der Waals surface area (Å²) in [5, 5.41) is 28.1. The number of unbranched alkanes of at least 4 members (excludes halogenated alkanes) is 2. The zero-order valence-corrected chi connectivity index (χ0v) is 29.8. The first-order valence-corrected chi connectivity index (χ1v) is 19.3. The largest absolute Gasteiger partial charge is 0.500 e. The molecule has 0 aromatic rings. The van der Waals surface area contributed by atoms with Gasteiger partial charge in [-0.15, -0.1) is 0 Å². The van der Waals surface area contributed by atoms with Crippen LogP contribution in [0.2, 0.25) is 12.1 Å². The molecule has 0 aliphatic rings. The second kappa shape index (κ2) is 28.1. The summed E-state index contributed by atoms with van der Waals surface area (Å²) < 4.78 is 44.1. The average Bonchev–Trinajstić information content (AvgIpc) is 3.02. The predicted octanol–water partition coefficient (Wildman–Crippen LogP) is -0.112. The van der Waals surface area contributed by atoms with E-state index >= 15 is 0 Å². The molecule has 0 rings (SSSR count). The van der Waals surface area contributed by atoms with Crippen molar-refractivity contribution < 1.29 is 46.2 Å². The topological polar surface area (TPSA) is 168 Å². The molecule has 2 atom stereocenters. The van der Waals surface area contributed by atoms with Gasteiger partial charge in [-0.1, -0.05) is 6.42 Å². The molecule has 0 radical (unpaired) electrons. The molecule has 0 saturated carbocycles. The summed E-state index contributed by atoms with van der Waals surface area (Å²) in [5.74, 6) is 0. The SMILES string of the molecule is CO[Si](CCCOCC(O)CN(CCCCCNCCNCCN)CC(O)COCCC[Si](OC)(OC)OC)(OC)OC. The molecule has 0 heterocycles. The van der Waals surface area contributed by atoms with E-state index in [0.29, 0.717) is 57.8 Å². The highest BCUT2D eigenvalue weighted by molar-refractivity contribution is 6.60. The van der Waals surface area contributed by atoms with E-state index in [1.54, 1.807) is 42.7 Å². The van der Waals surface area contributed by atoms with E-state index in [4.69, 9.17) is 41.8 Å². The Hall–Kier alpha value is -0.126. The van der Waals surface area contributed by atoms with Crippen molar-refractivity contribution in [2.75, 3.05) is 121 Å². The summed E-state index contributed by atoms with van der Waals surface area (Å²) >= 11 is 0. The monoisotopic (exact) mass is 660 g/mol. The summed E-state index contributed by atoms with van der Waals surface area (Å²) in [6.07, 6.45) is 3.12. The highest BCUT2D eigenvalue weighted by Gasteiger charge is 2.37. The van der Waals surface area contributed by atoms with Crippen LogP contribution in [0.3, 0.4) is 0 Å². The average molecular weight is 661 g/mol. The van der Waals surface area contributed by atoms with Gasteiger partial charge >= 0.3 is 17.6 Å². The normalized spacial score (nSPS) is 14.1. The molecule has 0 amide bonds. The van der Waals surface area contributed by atoms with Gasteiger partial charge in [0.2, 0.25) is 0 Å². The van der Waals surface area contributed by atoms with Gasteiger partial charge in [-0.25, -0.2) is 0 Å². The summed E-state index contributed by atoms with van der Waals surface area (Å²) in [5.41, 5.74) is 5.48. The Morgan fingerprint density at radius 2 is 1.05 bits per heavy atom. The number of aliphatic hydroxyl groups is 2. The van der Waals surface area contributed by atoms with Gasteiger partial charge in [0.25, 0.3) is 0 Å². The van der Waals surface area contributed by atoms with Gasteiger partial charge in [-0.05, 0) is 38.8 Å². The van der Waals surface area contributed by atoms with Gasteiger partial charge in [0, 0.05) is 107 Å². The van der Waals surface area contributed by atoms with Crippen LogP contribution in [0.25, 0.3) is 0 Å². The lowest BCUT2D eigenvalue weighted by molar-refractivity contribution is -0.0110. The quantitative estimate of drug-likeness (QED) is 0.0467. The number of nitrogens with zero attached hydrogens (tertiary/aromatic N) is 1. The Kier molecular flexibility index (Phi) is 28.0. The highest BCUT2D eigenvalue weighted by atomic mass is 28.4. The lowest BCUT2D eigenvalue weighted by atomic mass is 10.2. The zero-order chi connectivity index (χ0) is 32.2. The first kappa shape index (κ1) is 42.9. The molecule has 0 aromatic carbocycles. The van der Waals surface area contributed by atoms with E-state index in [1.165, 1.54) is 0 Å². The van der Waals surface area contributed by atoms with Crippen molar-refractivity contribution in [3.05, 3.63) is 0 Å². The first-order chi connectivity index (χ1) is 20.8. The number of nitrogens with two attached hydrogens (primary N) is 1. The molecule has 0 aromatic heterocycles. The number of nitrogens with one attached hydrogen (secondary N) is 2. The van der Waals surface area contributed by atoms with Crippen LogP contribution in [0.4, 0.5) is 0 Å². The van der Waals surface area contributed by atoms with Crippen LogP contribution >= 0.6 is 0 Å². The second-order valence-electron chi connectivity index (χ2n) is 10.4. The van der Waals surface area contributed by atoms with E-state index in [1.807, 2.05) is 0 Å². The van der Waals surface area contributed by atoms with Crippen LogP contribution < -0.4 is 16.4 Å². The summed E-state index contributed by atoms with van der Waals surface area (Å²) in [6.45, 7) is 7.17. The number of aliphatic hydroxyl groups excluding tert-OH is 2. The lowest BCUT2D eigenvalue weighted by Crippen LogP contribution is -2.43. The molecular weight excluding hydrogens is 596 g/mol. The first-order valence-electron chi connectivity index (χ1n) is 15.5. The molecular formula is C27H64N4O10Si2. The van der Waals surface area contributed by atoms with E-state index in [0.717, 1.165) is 52.0 Å². The number of ether oxygens (including phenoxy) is 2. The smallest absolute Gasteiger partial charge is 0.389 e. The maximum Gasteiger partial charge on any atom is 0.500 e. The van der Waals surface area contributed by atoms with E-state index in [-0.39, 0.29) is 13.2 Å². The molecule has 6 N–H and O–H groups in total. The van der Waals surface area contributed by atoms with Crippen molar-refractivity contribution in [3.8, 4) is 0 Å². The van der Waals surface area contributed by atoms with Gasteiger partial charge < -0.3 is 62.6 Å². The van der Waals surface area contributed by atoms with Gasteiger partial charge in [0.1, 0.15) is 0 Å². The standard InChI is InChI=1S/C27H64N4O10Si2/c1-34-42(35-2,36-3)20-10-18-40-24-26(32)22-31(17-9-7-8-13-29-15-16-30-14-12-28)23-27(33)25-41-19-11-21-43(37-4,38-5)39-6/h26-27,29-30,32-33H,7-25,28H2,1-6H3. The third-order valence-electron chi connectivity index (χ3n) is 7.10. The van der Waals surface area contributed by atoms with Gasteiger partial charge in [-0.2, -0.15) is 0 Å². The summed E-state index contributed by atoms with van der Waals surface area (Å²) in [7, 11) is 4.29. The van der Waals surface area contributed by atoms with Crippen molar-refractivity contribution in [1.29, 1.82) is 0 Å².